The number of ether oxygens (including phenoxy) is 3. The molecule has 0 bridgehead atoms. The van der Waals surface area contributed by atoms with Crippen molar-refractivity contribution in [3.8, 4) is 11.5 Å². The quantitative estimate of drug-likeness (QED) is 0.326. The van der Waals surface area contributed by atoms with Crippen LogP contribution in [0.1, 0.15) is 15.5 Å². The van der Waals surface area contributed by atoms with Crippen LogP contribution >= 0.6 is 0 Å². The first kappa shape index (κ1) is 15.3. The standard InChI is InChI=1S/C15H17N5O5/c1-23-10-7-9-12(13(18-19-16)14(10)25-3)15(22)20(8-17-9)6-4-5-11(21)24-2/h7-8H,4-6H2,1-3H3/i4T,5T. The topological polar surface area (TPSA) is 128 Å². The normalized spacial score (nSPS) is 13.9. The maximum absolute atomic E-state index is 12.9. The molecule has 2 rings (SSSR count). The van der Waals surface area contributed by atoms with E-state index in [9.17, 15) is 9.59 Å². The number of azide groups is 1. The first-order valence-corrected chi connectivity index (χ1v) is 7.01. The Balaban J connectivity index is 2.64. The summed E-state index contributed by atoms with van der Waals surface area (Å²) >= 11 is 0. The molecule has 1 aromatic carbocycles. The molecule has 10 heteroatoms. The second-order valence-corrected chi connectivity index (χ2v) is 4.67. The van der Waals surface area contributed by atoms with Crippen LogP contribution in [-0.2, 0) is 16.1 Å². The third-order valence-corrected chi connectivity index (χ3v) is 3.34. The van der Waals surface area contributed by atoms with Crippen LogP contribution in [0, 0.1) is 0 Å². The van der Waals surface area contributed by atoms with E-state index in [0.29, 0.717) is 0 Å². The van der Waals surface area contributed by atoms with Crippen LogP contribution in [0.25, 0.3) is 21.3 Å². The van der Waals surface area contributed by atoms with Crippen LogP contribution in [0.2, 0.25) is 0 Å². The summed E-state index contributed by atoms with van der Waals surface area (Å²) in [6, 6.07) is 1.45. The summed E-state index contributed by atoms with van der Waals surface area (Å²) in [6.45, 7) is -0.283. The highest BCUT2D eigenvalue weighted by Gasteiger charge is 2.18. The van der Waals surface area contributed by atoms with Crippen molar-refractivity contribution in [3.63, 3.8) is 0 Å². The Bertz CT molecular complexity index is 973. The van der Waals surface area contributed by atoms with Crippen molar-refractivity contribution in [2.75, 3.05) is 21.3 Å². The molecule has 0 radical (unpaired) electrons. The van der Waals surface area contributed by atoms with Gasteiger partial charge in [0.25, 0.3) is 5.56 Å². The van der Waals surface area contributed by atoms with Crippen LogP contribution in [0.3, 0.4) is 0 Å². The molecule has 25 heavy (non-hydrogen) atoms. The van der Waals surface area contributed by atoms with Gasteiger partial charge in [-0.3, -0.25) is 14.2 Å². The third-order valence-electron chi connectivity index (χ3n) is 3.34. The number of nitrogens with zero attached hydrogens (tertiary/aromatic N) is 5. The number of aryl methyl sites for hydroxylation is 1. The fraction of sp³-hybridized carbons (Fsp3) is 0.400. The zero-order chi connectivity index (χ0) is 20.1. The zero-order valence-corrected chi connectivity index (χ0v) is 13.8. The number of benzene rings is 1. The van der Waals surface area contributed by atoms with E-state index in [2.05, 4.69) is 19.7 Å². The summed E-state index contributed by atoms with van der Waals surface area (Å²) < 4.78 is 31.5. The van der Waals surface area contributed by atoms with Gasteiger partial charge in [0.2, 0.25) is 0 Å². The minimum Gasteiger partial charge on any atom is -0.493 e. The minimum absolute atomic E-state index is 0.0280. The Labute approximate surface area is 145 Å². The molecule has 1 aromatic heterocycles. The van der Waals surface area contributed by atoms with Gasteiger partial charge in [-0.25, -0.2) is 4.98 Å². The highest BCUT2D eigenvalue weighted by molar-refractivity contribution is 5.94. The molecule has 0 aliphatic carbocycles. The van der Waals surface area contributed by atoms with Crippen LogP contribution in [0.4, 0.5) is 5.69 Å². The molecule has 10 nitrogen and oxygen atoms in total. The molecule has 0 saturated carbocycles. The maximum atomic E-state index is 12.9. The number of methoxy groups -OCH3 is 3. The Hall–Kier alpha value is -3.26. The van der Waals surface area contributed by atoms with E-state index in [0.717, 1.165) is 11.7 Å². The maximum Gasteiger partial charge on any atom is 0.305 e. The second-order valence-electron chi connectivity index (χ2n) is 4.67. The number of aromatic nitrogens is 2. The van der Waals surface area contributed by atoms with Crippen LogP contribution in [0.15, 0.2) is 22.3 Å². The van der Waals surface area contributed by atoms with Crippen LogP contribution < -0.4 is 15.0 Å². The van der Waals surface area contributed by atoms with Gasteiger partial charge in [0, 0.05) is 26.7 Å². The van der Waals surface area contributed by atoms with Gasteiger partial charge in [-0.05, 0) is 11.9 Å². The van der Waals surface area contributed by atoms with Crippen molar-refractivity contribution in [3.05, 3.63) is 33.2 Å². The molecule has 0 saturated heterocycles. The summed E-state index contributed by atoms with van der Waals surface area (Å²) in [7, 11) is 3.83. The summed E-state index contributed by atoms with van der Waals surface area (Å²) in [5.41, 5.74) is 8.35. The second kappa shape index (κ2) is 8.02. The molecule has 0 spiro atoms. The average molecular weight is 351 g/mol. The Morgan fingerprint density at radius 1 is 1.44 bits per heavy atom. The van der Waals surface area contributed by atoms with E-state index in [1.807, 2.05) is 0 Å². The predicted octanol–water partition coefficient (Wildman–Crippen LogP) is 2.31. The van der Waals surface area contributed by atoms with E-state index < -0.39 is 24.3 Å². The number of fused-ring (bicyclic) bond motifs is 1. The molecule has 1 heterocycles. The van der Waals surface area contributed by atoms with Crippen molar-refractivity contribution in [2.24, 2.45) is 5.11 Å². The average Bonchev–Trinajstić information content (AvgIpc) is 2.68. The van der Waals surface area contributed by atoms with Crippen molar-refractivity contribution in [2.45, 2.75) is 19.3 Å². The Morgan fingerprint density at radius 2 is 2.20 bits per heavy atom. The monoisotopic (exact) mass is 351 g/mol. The predicted molar refractivity (Wildman–Crippen MR) is 89.2 cm³/mol. The smallest absolute Gasteiger partial charge is 0.305 e. The molecule has 0 fully saturated rings. The molecular formula is C15H17N5O5. The minimum atomic E-state index is -1.49. The third kappa shape index (κ3) is 3.64. The van der Waals surface area contributed by atoms with Crippen molar-refractivity contribution in [1.29, 1.82) is 0 Å². The SMILES string of the molecule is [3H]C(Cn1cnc2cc(OC)c(OC)c(N=[N+]=[N-])c2c1=O)C([3H])C(=O)OC. The zero-order valence-electron chi connectivity index (χ0n) is 15.8. The highest BCUT2D eigenvalue weighted by Crippen LogP contribution is 2.41. The molecule has 132 valence electrons. The lowest BCUT2D eigenvalue weighted by atomic mass is 10.1. The first-order chi connectivity index (χ1) is 12.9. The van der Waals surface area contributed by atoms with Crippen molar-refractivity contribution < 1.29 is 21.7 Å². The summed E-state index contributed by atoms with van der Waals surface area (Å²) in [5.74, 6) is -0.583. The van der Waals surface area contributed by atoms with Crippen LogP contribution in [0.5, 0.6) is 11.5 Å². The van der Waals surface area contributed by atoms with E-state index in [4.69, 9.17) is 17.7 Å². The fourth-order valence-electron chi connectivity index (χ4n) is 2.20. The summed E-state index contributed by atoms with van der Waals surface area (Å²) in [5, 5.41) is 3.51. The van der Waals surface area contributed by atoms with E-state index >= 15 is 0 Å². The molecule has 0 aliphatic heterocycles. The molecule has 2 atom stereocenters. The molecule has 0 amide bonds. The molecule has 2 aromatic rings. The van der Waals surface area contributed by atoms with Gasteiger partial charge in [-0.2, -0.15) is 0 Å². The number of carbonyl (C=O) groups is 1. The van der Waals surface area contributed by atoms with Gasteiger partial charge in [-0.1, -0.05) is 5.11 Å². The van der Waals surface area contributed by atoms with Gasteiger partial charge < -0.3 is 14.2 Å². The first-order valence-electron chi connectivity index (χ1n) is 8.16. The Kier molecular flexibility index (Phi) is 4.90. The van der Waals surface area contributed by atoms with E-state index in [1.165, 1.54) is 26.6 Å². The number of hydrogen-bond donors (Lipinski definition) is 0. The number of carbonyl (C=O) groups excluding carboxylic acids is 1. The molecular weight excluding hydrogens is 330 g/mol. The lowest BCUT2D eigenvalue weighted by Crippen LogP contribution is -2.21. The molecule has 0 aliphatic rings. The van der Waals surface area contributed by atoms with E-state index in [-0.39, 0.29) is 34.6 Å². The highest BCUT2D eigenvalue weighted by atomic mass is 16.5. The largest absolute Gasteiger partial charge is 0.493 e. The van der Waals surface area contributed by atoms with Gasteiger partial charge in [0.1, 0.15) is 0 Å². The van der Waals surface area contributed by atoms with E-state index in [1.54, 1.807) is 0 Å². The van der Waals surface area contributed by atoms with Crippen molar-refractivity contribution >= 4 is 22.6 Å². The van der Waals surface area contributed by atoms with Crippen molar-refractivity contribution in [1.82, 2.24) is 9.55 Å². The van der Waals surface area contributed by atoms with Gasteiger partial charge in [0.05, 0.1) is 44.2 Å². The summed E-state index contributed by atoms with van der Waals surface area (Å²) in [6.07, 6.45) is -1.57. The van der Waals surface area contributed by atoms with Crippen LogP contribution in [-0.4, -0.2) is 36.8 Å². The van der Waals surface area contributed by atoms with Gasteiger partial charge >= 0.3 is 5.97 Å². The Morgan fingerprint density at radius 3 is 2.80 bits per heavy atom. The molecule has 0 N–H and O–H groups in total. The number of rotatable bonds is 7. The summed E-state index contributed by atoms with van der Waals surface area (Å²) in [4.78, 5) is 31.1. The number of hydrogen-bond acceptors (Lipinski definition) is 7. The number of esters is 1. The lowest BCUT2D eigenvalue weighted by molar-refractivity contribution is -0.140. The fourth-order valence-corrected chi connectivity index (χ4v) is 2.20. The van der Waals surface area contributed by atoms with Gasteiger partial charge in [0.15, 0.2) is 11.5 Å². The lowest BCUT2D eigenvalue weighted by Gasteiger charge is -2.13. The van der Waals surface area contributed by atoms with Gasteiger partial charge in [-0.15, -0.1) is 0 Å². The molecule has 2 unspecified atom stereocenters.